The molecule has 2 saturated heterocycles. The third-order valence-electron chi connectivity index (χ3n) is 6.86. The van der Waals surface area contributed by atoms with E-state index in [-0.39, 0.29) is 28.9 Å². The molecule has 0 atom stereocenters. The predicted molar refractivity (Wildman–Crippen MR) is 116 cm³/mol. The van der Waals surface area contributed by atoms with Crippen molar-refractivity contribution in [2.75, 3.05) is 13.2 Å². The molecule has 1 aromatic carbocycles. The largest absolute Gasteiger partial charge is 0.381 e. The molecule has 2 fully saturated rings. The van der Waals surface area contributed by atoms with Gasteiger partial charge in [0.1, 0.15) is 0 Å². The van der Waals surface area contributed by atoms with Crippen LogP contribution < -0.4 is 10.6 Å². The summed E-state index contributed by atoms with van der Waals surface area (Å²) in [6.07, 6.45) is 3.52. The molecule has 0 spiro atoms. The monoisotopic (exact) mass is 413 g/mol. The summed E-state index contributed by atoms with van der Waals surface area (Å²) in [5.41, 5.74) is 1.29. The minimum Gasteiger partial charge on any atom is -0.381 e. The highest BCUT2D eigenvalue weighted by molar-refractivity contribution is 5.99. The first-order valence-corrected chi connectivity index (χ1v) is 11.2. The van der Waals surface area contributed by atoms with E-state index in [4.69, 9.17) is 4.74 Å². The summed E-state index contributed by atoms with van der Waals surface area (Å²) in [6.45, 7) is 10.5. The van der Waals surface area contributed by atoms with E-state index in [0.29, 0.717) is 39.0 Å². The van der Waals surface area contributed by atoms with Crippen LogP contribution in [0, 0.1) is 0 Å². The number of rotatable bonds is 4. The summed E-state index contributed by atoms with van der Waals surface area (Å²) in [4.78, 5) is 28.4. The number of hydrogen-bond acceptors (Lipinski definition) is 4. The summed E-state index contributed by atoms with van der Waals surface area (Å²) in [5, 5.41) is 6.97. The molecule has 30 heavy (non-hydrogen) atoms. The number of ether oxygens (including phenoxy) is 1. The molecule has 2 N–H and O–H groups in total. The topological polar surface area (TPSA) is 70.7 Å². The molecular weight excluding hydrogens is 378 g/mol. The van der Waals surface area contributed by atoms with Gasteiger partial charge in [-0.15, -0.1) is 0 Å². The molecule has 3 heterocycles. The van der Waals surface area contributed by atoms with E-state index in [1.54, 1.807) is 0 Å². The van der Waals surface area contributed by atoms with Crippen LogP contribution in [0.25, 0.3) is 0 Å². The molecule has 6 nitrogen and oxygen atoms in total. The van der Waals surface area contributed by atoms with Gasteiger partial charge >= 0.3 is 0 Å². The second kappa shape index (κ2) is 7.65. The van der Waals surface area contributed by atoms with Gasteiger partial charge in [-0.25, -0.2) is 0 Å². The van der Waals surface area contributed by atoms with Gasteiger partial charge in [-0.2, -0.15) is 0 Å². The van der Waals surface area contributed by atoms with E-state index in [2.05, 4.69) is 38.3 Å². The van der Waals surface area contributed by atoms with Crippen molar-refractivity contribution in [2.24, 2.45) is 0 Å². The molecule has 0 unspecified atom stereocenters. The van der Waals surface area contributed by atoms with E-state index >= 15 is 0 Å². The number of amides is 2. The number of carbonyl (C=O) groups is 2. The molecule has 2 amide bonds. The molecule has 0 aliphatic carbocycles. The Balaban J connectivity index is 1.50. The van der Waals surface area contributed by atoms with Crippen molar-refractivity contribution < 1.29 is 14.3 Å². The van der Waals surface area contributed by atoms with Gasteiger partial charge in [-0.3, -0.25) is 9.59 Å². The lowest BCUT2D eigenvalue weighted by atomic mass is 9.79. The maximum atomic E-state index is 13.2. The van der Waals surface area contributed by atoms with E-state index in [9.17, 15) is 9.59 Å². The molecule has 6 heteroatoms. The summed E-state index contributed by atoms with van der Waals surface area (Å²) in [7, 11) is 0. The highest BCUT2D eigenvalue weighted by Gasteiger charge is 2.46. The van der Waals surface area contributed by atoms with Crippen molar-refractivity contribution in [3.8, 4) is 0 Å². The van der Waals surface area contributed by atoms with Gasteiger partial charge in [0.05, 0.1) is 12.0 Å². The Labute approximate surface area is 179 Å². The van der Waals surface area contributed by atoms with Crippen LogP contribution in [0.4, 0.5) is 0 Å². The molecule has 3 aliphatic rings. The van der Waals surface area contributed by atoms with Gasteiger partial charge in [-0.05, 0) is 65.0 Å². The lowest BCUT2D eigenvalue weighted by Gasteiger charge is -2.47. The van der Waals surface area contributed by atoms with Crippen LogP contribution in [0.3, 0.4) is 0 Å². The van der Waals surface area contributed by atoms with Crippen molar-refractivity contribution in [3.63, 3.8) is 0 Å². The van der Waals surface area contributed by atoms with E-state index in [0.717, 1.165) is 24.0 Å². The number of nitrogens with zero attached hydrogens (tertiary/aromatic N) is 1. The third-order valence-corrected chi connectivity index (χ3v) is 6.86. The van der Waals surface area contributed by atoms with Crippen LogP contribution in [-0.4, -0.2) is 52.6 Å². The zero-order chi connectivity index (χ0) is 21.6. The highest BCUT2D eigenvalue weighted by Crippen LogP contribution is 2.38. The molecule has 3 aliphatic heterocycles. The summed E-state index contributed by atoms with van der Waals surface area (Å²) >= 11 is 0. The molecule has 0 saturated carbocycles. The van der Waals surface area contributed by atoms with E-state index < -0.39 is 5.54 Å². The van der Waals surface area contributed by atoms with Crippen molar-refractivity contribution >= 4 is 11.8 Å². The van der Waals surface area contributed by atoms with Crippen LogP contribution in [0.5, 0.6) is 0 Å². The second-order valence-electron chi connectivity index (χ2n) is 10.6. The van der Waals surface area contributed by atoms with Crippen LogP contribution in [0.15, 0.2) is 24.3 Å². The zero-order valence-electron chi connectivity index (χ0n) is 18.7. The standard InChI is InChI=1S/C24H35N3O3/c1-22(2)13-18(14-23(3,4)26-22)25-20(28)15-24(9-11-30-12-10-24)27-16-17-7-5-6-8-19(17)21(27)29/h5-8,18,26H,9-16H2,1-4H3,(H,25,28). The first kappa shape index (κ1) is 21.3. The highest BCUT2D eigenvalue weighted by atomic mass is 16.5. The minimum absolute atomic E-state index is 0.0252. The molecule has 164 valence electrons. The fourth-order valence-corrected chi connectivity index (χ4v) is 5.93. The van der Waals surface area contributed by atoms with Crippen LogP contribution in [0.1, 0.15) is 75.7 Å². The van der Waals surface area contributed by atoms with Gasteiger partial charge in [0, 0.05) is 42.4 Å². The van der Waals surface area contributed by atoms with Crippen molar-refractivity contribution in [2.45, 2.75) is 89.0 Å². The first-order chi connectivity index (χ1) is 14.1. The normalized spacial score (nSPS) is 25.1. The maximum Gasteiger partial charge on any atom is 0.254 e. The number of carbonyl (C=O) groups excluding carboxylic acids is 2. The van der Waals surface area contributed by atoms with Crippen LogP contribution in [-0.2, 0) is 16.1 Å². The Morgan fingerprint density at radius 3 is 2.40 bits per heavy atom. The van der Waals surface area contributed by atoms with Crippen molar-refractivity contribution in [1.82, 2.24) is 15.5 Å². The van der Waals surface area contributed by atoms with Gasteiger partial charge in [0.15, 0.2) is 0 Å². The first-order valence-electron chi connectivity index (χ1n) is 11.2. The predicted octanol–water partition coefficient (Wildman–Crippen LogP) is 3.01. The molecular formula is C24H35N3O3. The van der Waals surface area contributed by atoms with Gasteiger partial charge < -0.3 is 20.3 Å². The average Bonchev–Trinajstić information content (AvgIpc) is 2.97. The second-order valence-corrected chi connectivity index (χ2v) is 10.6. The number of piperidine rings is 1. The molecule has 0 bridgehead atoms. The number of benzene rings is 1. The Hall–Kier alpha value is -1.92. The van der Waals surface area contributed by atoms with Crippen LogP contribution >= 0.6 is 0 Å². The Morgan fingerprint density at radius 1 is 1.13 bits per heavy atom. The zero-order valence-corrected chi connectivity index (χ0v) is 18.7. The molecule has 0 radical (unpaired) electrons. The lowest BCUT2D eigenvalue weighted by Crippen LogP contribution is -2.62. The van der Waals surface area contributed by atoms with Gasteiger partial charge in [0.25, 0.3) is 5.91 Å². The average molecular weight is 414 g/mol. The summed E-state index contributed by atoms with van der Waals surface area (Å²) < 4.78 is 5.60. The summed E-state index contributed by atoms with van der Waals surface area (Å²) in [6, 6.07) is 7.92. The third kappa shape index (κ3) is 4.26. The van der Waals surface area contributed by atoms with Crippen molar-refractivity contribution in [1.29, 1.82) is 0 Å². The van der Waals surface area contributed by atoms with Gasteiger partial charge in [-0.1, -0.05) is 18.2 Å². The van der Waals surface area contributed by atoms with Gasteiger partial charge in [0.2, 0.25) is 5.91 Å². The minimum atomic E-state index is -0.476. The van der Waals surface area contributed by atoms with Crippen LogP contribution in [0.2, 0.25) is 0 Å². The number of hydrogen-bond donors (Lipinski definition) is 2. The number of fused-ring (bicyclic) bond motifs is 1. The van der Waals surface area contributed by atoms with E-state index in [1.165, 1.54) is 0 Å². The summed E-state index contributed by atoms with van der Waals surface area (Å²) in [5.74, 6) is 0.0867. The molecule has 0 aromatic heterocycles. The fourth-order valence-electron chi connectivity index (χ4n) is 5.93. The SMILES string of the molecule is CC1(C)CC(NC(=O)CC2(N3Cc4ccccc4C3=O)CCOCC2)CC(C)(C)N1. The lowest BCUT2D eigenvalue weighted by molar-refractivity contribution is -0.127. The van der Waals surface area contributed by atoms with E-state index in [1.807, 2.05) is 29.2 Å². The molecule has 4 rings (SSSR count). The Bertz CT molecular complexity index is 811. The quantitative estimate of drug-likeness (QED) is 0.796. The molecule has 1 aromatic rings. The Morgan fingerprint density at radius 2 is 1.77 bits per heavy atom. The fraction of sp³-hybridized carbons (Fsp3) is 0.667. The number of nitrogens with one attached hydrogen (secondary N) is 2. The Kier molecular flexibility index (Phi) is 5.43. The maximum absolute atomic E-state index is 13.2. The smallest absolute Gasteiger partial charge is 0.254 e. The van der Waals surface area contributed by atoms with Crippen molar-refractivity contribution in [3.05, 3.63) is 35.4 Å².